The van der Waals surface area contributed by atoms with Gasteiger partial charge in [-0.2, -0.15) is 0 Å². The van der Waals surface area contributed by atoms with Crippen molar-refractivity contribution >= 4 is 16.8 Å². The Morgan fingerprint density at radius 1 is 1.23 bits per heavy atom. The number of amides is 1. The molecule has 5 nitrogen and oxygen atoms in total. The van der Waals surface area contributed by atoms with Gasteiger partial charge in [-0.15, -0.1) is 0 Å². The van der Waals surface area contributed by atoms with Crippen molar-refractivity contribution in [2.24, 2.45) is 0 Å². The molecular formula is C21H21N3O2. The van der Waals surface area contributed by atoms with E-state index in [2.05, 4.69) is 10.3 Å². The van der Waals surface area contributed by atoms with E-state index in [1.165, 1.54) is 0 Å². The summed E-state index contributed by atoms with van der Waals surface area (Å²) in [5.74, 6) is -0.101. The molecule has 0 unspecified atom stereocenters. The first-order chi connectivity index (χ1) is 12.7. The summed E-state index contributed by atoms with van der Waals surface area (Å²) in [6.07, 6.45) is 3.90. The Kier molecular flexibility index (Phi) is 4.63. The van der Waals surface area contributed by atoms with Crippen LogP contribution in [-0.2, 0) is 4.74 Å². The van der Waals surface area contributed by atoms with Crippen LogP contribution >= 0.6 is 0 Å². The zero-order valence-electron chi connectivity index (χ0n) is 14.7. The van der Waals surface area contributed by atoms with Crippen LogP contribution in [0.3, 0.4) is 0 Å². The average molecular weight is 347 g/mol. The van der Waals surface area contributed by atoms with Crippen molar-refractivity contribution in [3.63, 3.8) is 0 Å². The van der Waals surface area contributed by atoms with Gasteiger partial charge >= 0.3 is 0 Å². The molecule has 0 radical (unpaired) electrons. The number of hydrogen-bond acceptors (Lipinski definition) is 4. The third-order valence-corrected chi connectivity index (χ3v) is 4.65. The van der Waals surface area contributed by atoms with Gasteiger partial charge in [-0.05, 0) is 50.1 Å². The number of aryl methyl sites for hydroxylation is 1. The van der Waals surface area contributed by atoms with Gasteiger partial charge in [0.1, 0.15) is 0 Å². The standard InChI is InChI=1S/C21H21N3O2/c1-14-7-8-18-16(11-14)17(21(25)23-13-15-5-4-10-26-15)12-20(24-18)19-6-2-3-9-22-19/h2-3,6-9,11-12,15H,4-5,10,13H2,1H3,(H,23,25)/t15-/m0/s1. The van der Waals surface area contributed by atoms with Gasteiger partial charge in [-0.25, -0.2) is 4.98 Å². The van der Waals surface area contributed by atoms with E-state index in [-0.39, 0.29) is 12.0 Å². The molecule has 0 spiro atoms. The van der Waals surface area contributed by atoms with Crippen LogP contribution in [-0.4, -0.2) is 35.1 Å². The van der Waals surface area contributed by atoms with Gasteiger partial charge < -0.3 is 10.1 Å². The van der Waals surface area contributed by atoms with Gasteiger partial charge in [0, 0.05) is 24.7 Å². The summed E-state index contributed by atoms with van der Waals surface area (Å²) in [4.78, 5) is 22.0. The second-order valence-electron chi connectivity index (χ2n) is 6.64. The number of carbonyl (C=O) groups is 1. The highest BCUT2D eigenvalue weighted by atomic mass is 16.5. The summed E-state index contributed by atoms with van der Waals surface area (Å²) in [5.41, 5.74) is 3.96. The van der Waals surface area contributed by atoms with Crippen molar-refractivity contribution in [3.8, 4) is 11.4 Å². The van der Waals surface area contributed by atoms with Crippen molar-refractivity contribution in [3.05, 3.63) is 59.8 Å². The molecule has 3 aromatic rings. The quantitative estimate of drug-likeness (QED) is 0.784. The molecule has 0 saturated carbocycles. The Labute approximate surface area is 152 Å². The lowest BCUT2D eigenvalue weighted by Crippen LogP contribution is -2.32. The highest BCUT2D eigenvalue weighted by molar-refractivity contribution is 6.07. The predicted octanol–water partition coefficient (Wildman–Crippen LogP) is 3.51. The maximum Gasteiger partial charge on any atom is 0.252 e. The van der Waals surface area contributed by atoms with E-state index >= 15 is 0 Å². The van der Waals surface area contributed by atoms with Gasteiger partial charge in [0.05, 0.1) is 28.6 Å². The molecule has 26 heavy (non-hydrogen) atoms. The fourth-order valence-electron chi connectivity index (χ4n) is 3.28. The molecule has 3 heterocycles. The molecule has 5 heteroatoms. The van der Waals surface area contributed by atoms with Crippen LogP contribution in [0.4, 0.5) is 0 Å². The first-order valence-corrected chi connectivity index (χ1v) is 8.93. The molecule has 1 saturated heterocycles. The SMILES string of the molecule is Cc1ccc2nc(-c3ccccn3)cc(C(=O)NC[C@@H]3CCCO3)c2c1. The van der Waals surface area contributed by atoms with Crippen molar-refractivity contribution in [2.75, 3.05) is 13.2 Å². The lowest BCUT2D eigenvalue weighted by atomic mass is 10.0. The maximum atomic E-state index is 12.9. The molecule has 0 bridgehead atoms. The van der Waals surface area contributed by atoms with Crippen molar-refractivity contribution in [2.45, 2.75) is 25.9 Å². The molecule has 1 aliphatic heterocycles. The zero-order valence-corrected chi connectivity index (χ0v) is 14.7. The third kappa shape index (κ3) is 3.44. The van der Waals surface area contributed by atoms with E-state index < -0.39 is 0 Å². The topological polar surface area (TPSA) is 64.1 Å². The van der Waals surface area contributed by atoms with Gasteiger partial charge in [-0.1, -0.05) is 17.7 Å². The number of aromatic nitrogens is 2. The lowest BCUT2D eigenvalue weighted by Gasteiger charge is -2.13. The van der Waals surface area contributed by atoms with Crippen molar-refractivity contribution in [1.82, 2.24) is 15.3 Å². The molecule has 1 amide bonds. The fourth-order valence-corrected chi connectivity index (χ4v) is 3.28. The molecule has 0 aliphatic carbocycles. The van der Waals surface area contributed by atoms with Crippen molar-refractivity contribution < 1.29 is 9.53 Å². The maximum absolute atomic E-state index is 12.9. The zero-order chi connectivity index (χ0) is 17.9. The molecule has 132 valence electrons. The highest BCUT2D eigenvalue weighted by Crippen LogP contribution is 2.25. The van der Waals surface area contributed by atoms with Crippen LogP contribution in [0.1, 0.15) is 28.8 Å². The predicted molar refractivity (Wildman–Crippen MR) is 101 cm³/mol. The molecular weight excluding hydrogens is 326 g/mol. The largest absolute Gasteiger partial charge is 0.376 e. The third-order valence-electron chi connectivity index (χ3n) is 4.65. The number of ether oxygens (including phenoxy) is 1. The smallest absolute Gasteiger partial charge is 0.252 e. The van der Waals surface area contributed by atoms with Gasteiger partial charge in [0.25, 0.3) is 5.91 Å². The number of pyridine rings is 2. The normalized spacial score (nSPS) is 16.7. The second kappa shape index (κ2) is 7.22. The van der Waals surface area contributed by atoms with Gasteiger partial charge in [0.15, 0.2) is 0 Å². The number of hydrogen-bond donors (Lipinski definition) is 1. The summed E-state index contributed by atoms with van der Waals surface area (Å²) in [5, 5.41) is 3.88. The number of nitrogens with zero attached hydrogens (tertiary/aromatic N) is 2. The Balaban J connectivity index is 1.72. The summed E-state index contributed by atoms with van der Waals surface area (Å²) in [7, 11) is 0. The molecule has 1 atom stereocenters. The minimum atomic E-state index is -0.101. The van der Waals surface area contributed by atoms with E-state index in [1.54, 1.807) is 6.20 Å². The molecule has 2 aromatic heterocycles. The van der Waals surface area contributed by atoms with E-state index in [1.807, 2.05) is 49.4 Å². The minimum Gasteiger partial charge on any atom is -0.376 e. The minimum absolute atomic E-state index is 0.101. The van der Waals surface area contributed by atoms with Crippen LogP contribution in [0, 0.1) is 6.92 Å². The van der Waals surface area contributed by atoms with E-state index in [9.17, 15) is 4.79 Å². The number of fused-ring (bicyclic) bond motifs is 1. The second-order valence-corrected chi connectivity index (χ2v) is 6.64. The molecule has 1 aliphatic rings. The number of benzene rings is 1. The summed E-state index contributed by atoms with van der Waals surface area (Å²) >= 11 is 0. The Hall–Kier alpha value is -2.79. The molecule has 1 N–H and O–H groups in total. The van der Waals surface area contributed by atoms with Gasteiger partial charge in [-0.3, -0.25) is 9.78 Å². The van der Waals surface area contributed by atoms with Crippen LogP contribution in [0.5, 0.6) is 0 Å². The molecule has 4 rings (SSSR count). The Morgan fingerprint density at radius 3 is 2.92 bits per heavy atom. The Bertz CT molecular complexity index is 935. The van der Waals surface area contributed by atoms with Crippen LogP contribution in [0.2, 0.25) is 0 Å². The molecule has 1 fully saturated rings. The Morgan fingerprint density at radius 2 is 2.15 bits per heavy atom. The van der Waals surface area contributed by atoms with Crippen LogP contribution in [0.25, 0.3) is 22.3 Å². The fraction of sp³-hybridized carbons (Fsp3) is 0.286. The van der Waals surface area contributed by atoms with E-state index in [0.717, 1.165) is 41.6 Å². The number of rotatable bonds is 4. The number of carbonyl (C=O) groups excluding carboxylic acids is 1. The van der Waals surface area contributed by atoms with E-state index in [0.29, 0.717) is 17.8 Å². The first kappa shape index (κ1) is 16.7. The van der Waals surface area contributed by atoms with E-state index in [4.69, 9.17) is 9.72 Å². The monoisotopic (exact) mass is 347 g/mol. The van der Waals surface area contributed by atoms with Gasteiger partial charge in [0.2, 0.25) is 0 Å². The summed E-state index contributed by atoms with van der Waals surface area (Å²) < 4.78 is 5.60. The van der Waals surface area contributed by atoms with Crippen molar-refractivity contribution in [1.29, 1.82) is 0 Å². The molecule has 1 aromatic carbocycles. The highest BCUT2D eigenvalue weighted by Gasteiger charge is 2.19. The summed E-state index contributed by atoms with van der Waals surface area (Å²) in [6, 6.07) is 13.5. The average Bonchev–Trinajstić information content (AvgIpc) is 3.19. The summed E-state index contributed by atoms with van der Waals surface area (Å²) in [6.45, 7) is 3.33. The first-order valence-electron chi connectivity index (χ1n) is 8.93. The van der Waals surface area contributed by atoms with Crippen LogP contribution in [0.15, 0.2) is 48.7 Å². The lowest BCUT2D eigenvalue weighted by molar-refractivity contribution is 0.0859. The number of nitrogens with one attached hydrogen (secondary N) is 1. The van der Waals surface area contributed by atoms with Crippen LogP contribution < -0.4 is 5.32 Å².